The Morgan fingerprint density at radius 3 is 2.03 bits per heavy atom. The maximum Gasteiger partial charge on any atom is 0.255 e. The fourth-order valence-electron chi connectivity index (χ4n) is 4.24. The van der Waals surface area contributed by atoms with Gasteiger partial charge in [0.05, 0.1) is 0 Å². The van der Waals surface area contributed by atoms with E-state index in [0.717, 1.165) is 17.3 Å². The van der Waals surface area contributed by atoms with Crippen LogP contribution in [-0.2, 0) is 0 Å². The van der Waals surface area contributed by atoms with Crippen LogP contribution >= 0.6 is 15.9 Å². The second kappa shape index (κ2) is 8.28. The monoisotopic (exact) mass is 457 g/mol. The summed E-state index contributed by atoms with van der Waals surface area (Å²) in [5, 5.41) is 9.63. The minimum atomic E-state index is -0.211. The highest BCUT2D eigenvalue weighted by Crippen LogP contribution is 2.28. The van der Waals surface area contributed by atoms with Crippen molar-refractivity contribution in [1.82, 2.24) is 10.6 Å². The summed E-state index contributed by atoms with van der Waals surface area (Å²) in [4.78, 5) is 25.1. The fourth-order valence-corrected chi connectivity index (χ4v) is 4.63. The van der Waals surface area contributed by atoms with E-state index in [2.05, 4.69) is 59.6 Å². The molecule has 2 aromatic rings. The highest BCUT2D eigenvalue weighted by molar-refractivity contribution is 9.10. The SMILES string of the molecule is CC1(C)CC(NC(=O)c2ccc(C(=O)Nc3cccc(Br)c3)cc2)CC(C)(C)N1. The van der Waals surface area contributed by atoms with Gasteiger partial charge in [-0.1, -0.05) is 22.0 Å². The van der Waals surface area contributed by atoms with Gasteiger partial charge in [-0.25, -0.2) is 0 Å². The Kier molecular flexibility index (Phi) is 6.15. The molecule has 0 spiro atoms. The maximum atomic E-state index is 12.7. The lowest BCUT2D eigenvalue weighted by molar-refractivity contribution is 0.0872. The minimum absolute atomic E-state index is 0.0337. The van der Waals surface area contributed by atoms with Gasteiger partial charge in [-0.2, -0.15) is 0 Å². The van der Waals surface area contributed by atoms with Crippen LogP contribution < -0.4 is 16.0 Å². The largest absolute Gasteiger partial charge is 0.349 e. The first-order valence-electron chi connectivity index (χ1n) is 9.80. The number of rotatable bonds is 4. The van der Waals surface area contributed by atoms with Crippen molar-refractivity contribution in [2.45, 2.75) is 57.7 Å². The standard InChI is InChI=1S/C23H28BrN3O2/c1-22(2)13-19(14-23(3,4)27-22)26-21(29)16-10-8-15(9-11-16)20(28)25-18-7-5-6-17(24)12-18/h5-12,19,27H,13-14H2,1-4H3,(H,25,28)(H,26,29). The molecular weight excluding hydrogens is 430 g/mol. The molecule has 1 aliphatic heterocycles. The van der Waals surface area contributed by atoms with Crippen molar-refractivity contribution in [1.29, 1.82) is 0 Å². The predicted molar refractivity (Wildman–Crippen MR) is 120 cm³/mol. The van der Waals surface area contributed by atoms with E-state index in [1.54, 1.807) is 24.3 Å². The summed E-state index contributed by atoms with van der Waals surface area (Å²) in [6.07, 6.45) is 1.74. The number of hydrogen-bond acceptors (Lipinski definition) is 3. The lowest BCUT2D eigenvalue weighted by Gasteiger charge is -2.46. The van der Waals surface area contributed by atoms with Gasteiger partial charge in [0.1, 0.15) is 0 Å². The van der Waals surface area contributed by atoms with E-state index in [1.807, 2.05) is 24.3 Å². The van der Waals surface area contributed by atoms with Crippen molar-refractivity contribution >= 4 is 33.4 Å². The number of hydrogen-bond donors (Lipinski definition) is 3. The van der Waals surface area contributed by atoms with Crippen LogP contribution in [0, 0.1) is 0 Å². The summed E-state index contributed by atoms with van der Waals surface area (Å²) < 4.78 is 0.895. The molecule has 29 heavy (non-hydrogen) atoms. The lowest BCUT2D eigenvalue weighted by Crippen LogP contribution is -2.62. The zero-order valence-corrected chi connectivity index (χ0v) is 18.9. The third-order valence-electron chi connectivity index (χ3n) is 5.02. The summed E-state index contributed by atoms with van der Waals surface area (Å²) in [5.41, 5.74) is 1.70. The van der Waals surface area contributed by atoms with Gasteiger partial charge in [0.15, 0.2) is 0 Å². The van der Waals surface area contributed by atoms with E-state index in [9.17, 15) is 9.59 Å². The molecule has 0 unspecified atom stereocenters. The topological polar surface area (TPSA) is 70.2 Å². The molecule has 2 aromatic carbocycles. The molecule has 2 amide bonds. The summed E-state index contributed by atoms with van der Waals surface area (Å²) >= 11 is 3.39. The smallest absolute Gasteiger partial charge is 0.255 e. The van der Waals surface area contributed by atoms with Gasteiger partial charge < -0.3 is 16.0 Å². The van der Waals surface area contributed by atoms with Crippen molar-refractivity contribution in [2.75, 3.05) is 5.32 Å². The van der Waals surface area contributed by atoms with E-state index >= 15 is 0 Å². The quantitative estimate of drug-likeness (QED) is 0.620. The average molecular weight is 458 g/mol. The van der Waals surface area contributed by atoms with E-state index in [0.29, 0.717) is 16.8 Å². The van der Waals surface area contributed by atoms with Gasteiger partial charge in [0.2, 0.25) is 0 Å². The molecule has 0 radical (unpaired) electrons. The van der Waals surface area contributed by atoms with Crippen LogP contribution in [0.2, 0.25) is 0 Å². The number of piperidine rings is 1. The number of anilines is 1. The van der Waals surface area contributed by atoms with E-state index in [-0.39, 0.29) is 28.9 Å². The Balaban J connectivity index is 1.63. The summed E-state index contributed by atoms with van der Waals surface area (Å²) in [6.45, 7) is 8.63. The zero-order chi connectivity index (χ0) is 21.2. The highest BCUT2D eigenvalue weighted by Gasteiger charge is 2.38. The molecule has 0 saturated carbocycles. The Morgan fingerprint density at radius 1 is 0.931 bits per heavy atom. The first-order chi connectivity index (χ1) is 13.5. The number of nitrogens with one attached hydrogen (secondary N) is 3. The van der Waals surface area contributed by atoms with Crippen LogP contribution in [0.1, 0.15) is 61.3 Å². The first-order valence-corrected chi connectivity index (χ1v) is 10.6. The van der Waals surface area contributed by atoms with E-state index in [4.69, 9.17) is 0 Å². The molecular formula is C23H28BrN3O2. The van der Waals surface area contributed by atoms with Gasteiger partial charge >= 0.3 is 0 Å². The van der Waals surface area contributed by atoms with Crippen molar-refractivity contribution < 1.29 is 9.59 Å². The summed E-state index contributed by atoms with van der Waals surface area (Å²) in [5.74, 6) is -0.320. The lowest BCUT2D eigenvalue weighted by atomic mass is 9.79. The number of benzene rings is 2. The predicted octanol–water partition coefficient (Wildman–Crippen LogP) is 4.74. The number of carbonyl (C=O) groups excluding carboxylic acids is 2. The minimum Gasteiger partial charge on any atom is -0.349 e. The van der Waals surface area contributed by atoms with Crippen molar-refractivity contribution in [2.24, 2.45) is 0 Å². The van der Waals surface area contributed by atoms with Crippen LogP contribution in [0.25, 0.3) is 0 Å². The highest BCUT2D eigenvalue weighted by atomic mass is 79.9. The third-order valence-corrected chi connectivity index (χ3v) is 5.51. The van der Waals surface area contributed by atoms with Crippen LogP contribution in [0.4, 0.5) is 5.69 Å². The normalized spacial score (nSPS) is 18.1. The average Bonchev–Trinajstić information content (AvgIpc) is 2.59. The zero-order valence-electron chi connectivity index (χ0n) is 17.3. The second-order valence-corrected chi connectivity index (χ2v) is 9.93. The fraction of sp³-hybridized carbons (Fsp3) is 0.391. The van der Waals surface area contributed by atoms with Crippen LogP contribution in [0.15, 0.2) is 53.0 Å². The summed E-state index contributed by atoms with van der Waals surface area (Å²) in [6, 6.07) is 14.3. The van der Waals surface area contributed by atoms with Crippen molar-refractivity contribution in [3.63, 3.8) is 0 Å². The molecule has 0 atom stereocenters. The first kappa shape index (κ1) is 21.5. The Hall–Kier alpha value is -2.18. The third kappa shape index (κ3) is 5.90. The van der Waals surface area contributed by atoms with Gasteiger partial charge in [0, 0.05) is 38.4 Å². The summed E-state index contributed by atoms with van der Waals surface area (Å²) in [7, 11) is 0. The Morgan fingerprint density at radius 2 is 1.48 bits per heavy atom. The van der Waals surface area contributed by atoms with Crippen molar-refractivity contribution in [3.8, 4) is 0 Å². The maximum absolute atomic E-state index is 12.7. The van der Waals surface area contributed by atoms with E-state index in [1.165, 1.54) is 0 Å². The molecule has 3 N–H and O–H groups in total. The molecule has 0 aromatic heterocycles. The number of amides is 2. The van der Waals surface area contributed by atoms with Gasteiger partial charge in [0.25, 0.3) is 11.8 Å². The molecule has 1 fully saturated rings. The second-order valence-electron chi connectivity index (χ2n) is 9.01. The van der Waals surface area contributed by atoms with Crippen molar-refractivity contribution in [3.05, 3.63) is 64.1 Å². The molecule has 1 saturated heterocycles. The van der Waals surface area contributed by atoms with Crippen LogP contribution in [-0.4, -0.2) is 28.9 Å². The van der Waals surface area contributed by atoms with Crippen LogP contribution in [0.3, 0.4) is 0 Å². The molecule has 5 nitrogen and oxygen atoms in total. The number of carbonyl (C=O) groups is 2. The molecule has 154 valence electrons. The molecule has 1 aliphatic rings. The van der Waals surface area contributed by atoms with E-state index < -0.39 is 0 Å². The molecule has 0 aliphatic carbocycles. The molecule has 6 heteroatoms. The molecule has 1 heterocycles. The molecule has 3 rings (SSSR count). The van der Waals surface area contributed by atoms with Gasteiger partial charge in [-0.3, -0.25) is 9.59 Å². The Bertz CT molecular complexity index is 891. The van der Waals surface area contributed by atoms with Gasteiger partial charge in [-0.05, 0) is 83.0 Å². The number of halogens is 1. The molecule has 0 bridgehead atoms. The van der Waals surface area contributed by atoms with Crippen LogP contribution in [0.5, 0.6) is 0 Å². The Labute approximate surface area is 180 Å². The van der Waals surface area contributed by atoms with Gasteiger partial charge in [-0.15, -0.1) is 0 Å².